The number of para-hydroxylation sites is 1. The Kier molecular flexibility index (Phi) is 5.20. The second-order valence-electron chi connectivity index (χ2n) is 6.64. The summed E-state index contributed by atoms with van der Waals surface area (Å²) in [5, 5.41) is 8.21. The quantitative estimate of drug-likeness (QED) is 0.550. The molecule has 0 radical (unpaired) electrons. The Balaban J connectivity index is 1.38. The third kappa shape index (κ3) is 4.24. The molecule has 7 heteroatoms. The summed E-state index contributed by atoms with van der Waals surface area (Å²) in [7, 11) is 0. The first-order chi connectivity index (χ1) is 14.1. The fourth-order valence-corrected chi connectivity index (χ4v) is 3.17. The van der Waals surface area contributed by atoms with Crippen LogP contribution < -0.4 is 10.9 Å². The zero-order valence-corrected chi connectivity index (χ0v) is 15.6. The maximum atomic E-state index is 13.1. The molecule has 1 amide bonds. The zero-order valence-electron chi connectivity index (χ0n) is 15.6. The number of carbonyl (C=O) groups is 1. The average molecular weight is 390 g/mol. The fourth-order valence-electron chi connectivity index (χ4n) is 3.17. The first-order valence-electron chi connectivity index (χ1n) is 9.25. The van der Waals surface area contributed by atoms with Gasteiger partial charge in [0, 0.05) is 29.9 Å². The summed E-state index contributed by atoms with van der Waals surface area (Å²) < 4.78 is 16.3. The molecule has 1 N–H and O–H groups in total. The van der Waals surface area contributed by atoms with Crippen molar-refractivity contribution >= 4 is 16.8 Å². The highest BCUT2D eigenvalue weighted by Crippen LogP contribution is 2.16. The van der Waals surface area contributed by atoms with E-state index >= 15 is 0 Å². The number of hydrogen-bond acceptors (Lipinski definition) is 3. The number of nitrogens with zero attached hydrogens (tertiary/aromatic N) is 3. The van der Waals surface area contributed by atoms with Gasteiger partial charge in [0.1, 0.15) is 12.4 Å². The molecule has 0 bridgehead atoms. The lowest BCUT2D eigenvalue weighted by Gasteiger charge is -2.09. The molecular formula is C22H19FN4O2. The molecule has 0 spiro atoms. The molecule has 2 aromatic carbocycles. The van der Waals surface area contributed by atoms with E-state index in [1.54, 1.807) is 18.2 Å². The molecule has 0 aliphatic heterocycles. The number of halogens is 1. The largest absolute Gasteiger partial charge is 0.353 e. The molecule has 6 nitrogen and oxygen atoms in total. The highest BCUT2D eigenvalue weighted by atomic mass is 19.1. The van der Waals surface area contributed by atoms with Gasteiger partial charge in [0.2, 0.25) is 5.91 Å². The van der Waals surface area contributed by atoms with Crippen molar-refractivity contribution in [2.45, 2.75) is 13.1 Å². The molecule has 2 heterocycles. The molecule has 29 heavy (non-hydrogen) atoms. The first-order valence-corrected chi connectivity index (χ1v) is 9.25. The van der Waals surface area contributed by atoms with Gasteiger partial charge in [0.05, 0.1) is 12.2 Å². The Morgan fingerprint density at radius 3 is 2.62 bits per heavy atom. The van der Waals surface area contributed by atoms with Gasteiger partial charge in [0.15, 0.2) is 0 Å². The number of nitrogens with one attached hydrogen (secondary N) is 1. The number of benzene rings is 2. The fraction of sp³-hybridized carbons (Fsp3) is 0.136. The van der Waals surface area contributed by atoms with E-state index in [0.29, 0.717) is 11.3 Å². The number of rotatable bonds is 6. The molecule has 0 unspecified atom stereocenters. The van der Waals surface area contributed by atoms with Crippen molar-refractivity contribution in [1.82, 2.24) is 19.7 Å². The summed E-state index contributed by atoms with van der Waals surface area (Å²) in [4.78, 5) is 24.3. The van der Waals surface area contributed by atoms with Crippen LogP contribution in [0.2, 0.25) is 0 Å². The Morgan fingerprint density at radius 1 is 1.00 bits per heavy atom. The van der Waals surface area contributed by atoms with Gasteiger partial charge in [-0.15, -0.1) is 0 Å². The number of aromatic nitrogens is 3. The summed E-state index contributed by atoms with van der Waals surface area (Å²) in [5.41, 5.74) is 2.01. The third-order valence-corrected chi connectivity index (χ3v) is 4.65. The van der Waals surface area contributed by atoms with Crippen molar-refractivity contribution in [3.8, 4) is 11.3 Å². The van der Waals surface area contributed by atoms with Gasteiger partial charge in [0.25, 0.3) is 5.56 Å². The van der Waals surface area contributed by atoms with E-state index in [0.717, 1.165) is 10.9 Å². The lowest BCUT2D eigenvalue weighted by molar-refractivity contribution is -0.121. The second kappa shape index (κ2) is 8.10. The minimum Gasteiger partial charge on any atom is -0.353 e. The van der Waals surface area contributed by atoms with E-state index in [2.05, 4.69) is 10.4 Å². The predicted molar refractivity (Wildman–Crippen MR) is 109 cm³/mol. The molecule has 0 aliphatic rings. The predicted octanol–water partition coefficient (Wildman–Crippen LogP) is 2.82. The zero-order chi connectivity index (χ0) is 20.2. The van der Waals surface area contributed by atoms with Crippen LogP contribution in [0.3, 0.4) is 0 Å². The molecule has 4 rings (SSSR count). The van der Waals surface area contributed by atoms with Crippen molar-refractivity contribution in [3.63, 3.8) is 0 Å². The molecule has 0 atom stereocenters. The molecule has 2 aromatic heterocycles. The standard InChI is InChI=1S/C22H19FN4O2/c23-18-7-5-16(6-8-18)19-9-10-22(29)27(25-19)14-12-24-21(28)15-26-13-11-17-3-1-2-4-20(17)26/h1-11,13H,12,14-15H2,(H,24,28). The van der Waals surface area contributed by atoms with E-state index in [9.17, 15) is 14.0 Å². The molecule has 0 fully saturated rings. The number of carbonyl (C=O) groups excluding carboxylic acids is 1. The summed E-state index contributed by atoms with van der Waals surface area (Å²) >= 11 is 0. The average Bonchev–Trinajstić information content (AvgIpc) is 3.13. The van der Waals surface area contributed by atoms with Crippen LogP contribution >= 0.6 is 0 Å². The van der Waals surface area contributed by atoms with Crippen molar-refractivity contribution in [3.05, 3.63) is 89.1 Å². The van der Waals surface area contributed by atoms with Gasteiger partial charge >= 0.3 is 0 Å². The maximum Gasteiger partial charge on any atom is 0.266 e. The van der Waals surface area contributed by atoms with E-state index in [1.165, 1.54) is 22.9 Å². The molecule has 4 aromatic rings. The molecular weight excluding hydrogens is 371 g/mol. The third-order valence-electron chi connectivity index (χ3n) is 4.65. The van der Waals surface area contributed by atoms with Gasteiger partial charge < -0.3 is 9.88 Å². The van der Waals surface area contributed by atoms with Gasteiger partial charge in [-0.25, -0.2) is 9.07 Å². The molecule has 0 aliphatic carbocycles. The van der Waals surface area contributed by atoms with Crippen molar-refractivity contribution in [1.29, 1.82) is 0 Å². The van der Waals surface area contributed by atoms with Crippen molar-refractivity contribution in [2.75, 3.05) is 6.54 Å². The second-order valence-corrected chi connectivity index (χ2v) is 6.64. The van der Waals surface area contributed by atoms with Crippen LogP contribution in [0, 0.1) is 5.82 Å². The normalized spacial score (nSPS) is 10.9. The molecule has 0 saturated carbocycles. The SMILES string of the molecule is O=C(Cn1ccc2ccccc21)NCCn1nc(-c2ccc(F)cc2)ccc1=O. The summed E-state index contributed by atoms with van der Waals surface area (Å²) in [5.74, 6) is -0.477. The van der Waals surface area contributed by atoms with Gasteiger partial charge in [-0.1, -0.05) is 18.2 Å². The number of fused-ring (bicyclic) bond motifs is 1. The molecule has 0 saturated heterocycles. The van der Waals surface area contributed by atoms with E-state index in [1.807, 2.05) is 41.1 Å². The Bertz CT molecular complexity index is 1210. The monoisotopic (exact) mass is 390 g/mol. The lowest BCUT2D eigenvalue weighted by atomic mass is 10.1. The summed E-state index contributed by atoms with van der Waals surface area (Å²) in [6, 6.07) is 18.7. The summed E-state index contributed by atoms with van der Waals surface area (Å²) in [6.07, 6.45) is 1.88. The highest BCUT2D eigenvalue weighted by Gasteiger charge is 2.07. The van der Waals surface area contributed by atoms with Crippen LogP contribution in [0.4, 0.5) is 4.39 Å². The van der Waals surface area contributed by atoms with E-state index in [-0.39, 0.29) is 36.9 Å². The number of hydrogen-bond donors (Lipinski definition) is 1. The van der Waals surface area contributed by atoms with Gasteiger partial charge in [-0.3, -0.25) is 9.59 Å². The molecule has 146 valence electrons. The van der Waals surface area contributed by atoms with Crippen LogP contribution in [0.15, 0.2) is 77.7 Å². The van der Waals surface area contributed by atoms with E-state index in [4.69, 9.17) is 0 Å². The lowest BCUT2D eigenvalue weighted by Crippen LogP contribution is -2.33. The minimum atomic E-state index is -0.333. The Hall–Kier alpha value is -3.74. The van der Waals surface area contributed by atoms with Crippen molar-refractivity contribution < 1.29 is 9.18 Å². The van der Waals surface area contributed by atoms with Crippen LogP contribution in [-0.4, -0.2) is 26.8 Å². The summed E-state index contributed by atoms with van der Waals surface area (Å²) in [6.45, 7) is 0.718. The maximum absolute atomic E-state index is 13.1. The smallest absolute Gasteiger partial charge is 0.266 e. The van der Waals surface area contributed by atoms with E-state index < -0.39 is 0 Å². The number of amides is 1. The van der Waals surface area contributed by atoms with Gasteiger partial charge in [-0.05, 0) is 47.9 Å². The van der Waals surface area contributed by atoms with Crippen LogP contribution in [0.25, 0.3) is 22.2 Å². The van der Waals surface area contributed by atoms with Crippen LogP contribution in [0.5, 0.6) is 0 Å². The Labute approximate surface area is 166 Å². The topological polar surface area (TPSA) is 68.9 Å². The Morgan fingerprint density at radius 2 is 1.79 bits per heavy atom. The van der Waals surface area contributed by atoms with Crippen LogP contribution in [-0.2, 0) is 17.9 Å². The van der Waals surface area contributed by atoms with Gasteiger partial charge in [-0.2, -0.15) is 5.10 Å². The van der Waals surface area contributed by atoms with Crippen molar-refractivity contribution in [2.24, 2.45) is 0 Å². The first kappa shape index (κ1) is 18.6. The highest BCUT2D eigenvalue weighted by molar-refractivity contribution is 5.83. The van der Waals surface area contributed by atoms with Crippen LogP contribution in [0.1, 0.15) is 0 Å². The minimum absolute atomic E-state index is 0.144.